The Kier molecular flexibility index (Phi) is 4.75. The summed E-state index contributed by atoms with van der Waals surface area (Å²) in [5.41, 5.74) is 0. The number of hydrogen-bond donors (Lipinski definition) is 1. The van der Waals surface area contributed by atoms with E-state index in [0.717, 1.165) is 12.8 Å². The van der Waals surface area contributed by atoms with Crippen LogP contribution in [0.15, 0.2) is 24.3 Å². The highest BCUT2D eigenvalue weighted by Gasteiger charge is 2.32. The zero-order valence-electron chi connectivity index (χ0n) is 11.2. The van der Waals surface area contributed by atoms with Crippen molar-refractivity contribution in [2.45, 2.75) is 44.7 Å². The Bertz CT molecular complexity index is 433. The molecule has 1 aliphatic rings. The quantitative estimate of drug-likeness (QED) is 0.833. The van der Waals surface area contributed by atoms with Gasteiger partial charge in [0.15, 0.2) is 11.5 Å². The van der Waals surface area contributed by atoms with E-state index in [1.165, 1.54) is 18.2 Å². The van der Waals surface area contributed by atoms with E-state index in [9.17, 15) is 13.2 Å². The van der Waals surface area contributed by atoms with Gasteiger partial charge in [0, 0.05) is 12.6 Å². The number of rotatable bonds is 7. The van der Waals surface area contributed by atoms with Crippen molar-refractivity contribution in [2.24, 2.45) is 0 Å². The molecule has 0 aliphatic heterocycles. The van der Waals surface area contributed by atoms with Crippen LogP contribution < -0.4 is 14.8 Å². The van der Waals surface area contributed by atoms with Gasteiger partial charge in [0.25, 0.3) is 0 Å². The molecule has 0 saturated heterocycles. The molecule has 0 radical (unpaired) electrons. The Morgan fingerprint density at radius 2 is 1.90 bits per heavy atom. The maximum absolute atomic E-state index is 12.3. The summed E-state index contributed by atoms with van der Waals surface area (Å²) in [6.07, 6.45) is -1.87. The van der Waals surface area contributed by atoms with E-state index in [1.54, 1.807) is 6.07 Å². The fourth-order valence-corrected chi connectivity index (χ4v) is 1.79. The van der Waals surface area contributed by atoms with Crippen LogP contribution in [0, 0.1) is 0 Å². The first-order chi connectivity index (χ1) is 9.48. The van der Waals surface area contributed by atoms with E-state index < -0.39 is 6.36 Å². The molecule has 1 aromatic rings. The third kappa shape index (κ3) is 4.92. The fourth-order valence-electron chi connectivity index (χ4n) is 1.79. The van der Waals surface area contributed by atoms with Gasteiger partial charge in [-0.15, -0.1) is 13.2 Å². The van der Waals surface area contributed by atoms with E-state index in [2.05, 4.69) is 10.1 Å². The first-order valence-electron chi connectivity index (χ1n) is 6.72. The summed E-state index contributed by atoms with van der Waals surface area (Å²) in [6, 6.07) is 6.39. The smallest absolute Gasteiger partial charge is 0.485 e. The molecule has 1 unspecified atom stereocenters. The summed E-state index contributed by atoms with van der Waals surface area (Å²) in [5.74, 6) is -0.181. The van der Waals surface area contributed by atoms with Crippen molar-refractivity contribution in [3.05, 3.63) is 24.3 Å². The number of ether oxygens (including phenoxy) is 2. The molecule has 1 saturated carbocycles. The summed E-state index contributed by atoms with van der Waals surface area (Å²) >= 11 is 0. The van der Waals surface area contributed by atoms with Gasteiger partial charge in [0.2, 0.25) is 0 Å². The number of hydrogen-bond acceptors (Lipinski definition) is 3. The molecular weight excluding hydrogens is 271 g/mol. The molecule has 0 spiro atoms. The van der Waals surface area contributed by atoms with Crippen molar-refractivity contribution in [1.29, 1.82) is 0 Å². The maximum atomic E-state index is 12.3. The zero-order chi connectivity index (χ0) is 14.6. The molecule has 0 heterocycles. The highest BCUT2D eigenvalue weighted by molar-refractivity contribution is 5.39. The van der Waals surface area contributed by atoms with Crippen molar-refractivity contribution < 1.29 is 22.6 Å². The van der Waals surface area contributed by atoms with Gasteiger partial charge in [-0.05, 0) is 31.4 Å². The normalized spacial score (nSPS) is 16.8. The average Bonchev–Trinajstić information content (AvgIpc) is 3.18. The van der Waals surface area contributed by atoms with Gasteiger partial charge in [0.05, 0.1) is 0 Å². The molecule has 2 rings (SSSR count). The standard InChI is InChI=1S/C14H18F3NO2/c1-2-11(9-18-10-7-8-10)19-12-5-3-4-6-13(12)20-14(15,16)17/h3-6,10-11,18H,2,7-9H2,1H3. The van der Waals surface area contributed by atoms with Crippen molar-refractivity contribution in [3.8, 4) is 11.5 Å². The Morgan fingerprint density at radius 3 is 2.45 bits per heavy atom. The van der Waals surface area contributed by atoms with E-state index in [1.807, 2.05) is 6.92 Å². The van der Waals surface area contributed by atoms with E-state index >= 15 is 0 Å². The molecule has 3 nitrogen and oxygen atoms in total. The largest absolute Gasteiger partial charge is 0.573 e. The van der Waals surface area contributed by atoms with Gasteiger partial charge in [0.1, 0.15) is 6.10 Å². The lowest BCUT2D eigenvalue weighted by molar-refractivity contribution is -0.275. The Hall–Kier alpha value is -1.43. The number of halogens is 3. The lowest BCUT2D eigenvalue weighted by Gasteiger charge is -2.20. The highest BCUT2D eigenvalue weighted by Crippen LogP contribution is 2.32. The first kappa shape index (κ1) is 15.0. The molecule has 1 fully saturated rings. The molecule has 0 bridgehead atoms. The summed E-state index contributed by atoms with van der Waals surface area (Å²) < 4.78 is 46.5. The Labute approximate surface area is 116 Å². The van der Waals surface area contributed by atoms with Crippen LogP contribution in [0.2, 0.25) is 0 Å². The Balaban J connectivity index is 1.98. The summed E-state index contributed by atoms with van der Waals surface area (Å²) in [5, 5.41) is 3.31. The molecule has 112 valence electrons. The lowest BCUT2D eigenvalue weighted by atomic mass is 10.2. The SMILES string of the molecule is CCC(CNC1CC1)Oc1ccccc1OC(F)(F)F. The van der Waals surface area contributed by atoms with Crippen molar-refractivity contribution in [2.75, 3.05) is 6.54 Å². The molecule has 1 aliphatic carbocycles. The minimum absolute atomic E-state index is 0.120. The number of nitrogens with one attached hydrogen (secondary N) is 1. The highest BCUT2D eigenvalue weighted by atomic mass is 19.4. The summed E-state index contributed by atoms with van der Waals surface area (Å²) in [6.45, 7) is 2.56. The van der Waals surface area contributed by atoms with E-state index in [4.69, 9.17) is 4.74 Å². The molecule has 1 atom stereocenters. The van der Waals surface area contributed by atoms with Gasteiger partial charge in [-0.25, -0.2) is 0 Å². The number of para-hydroxylation sites is 2. The van der Waals surface area contributed by atoms with Gasteiger partial charge >= 0.3 is 6.36 Å². The minimum Gasteiger partial charge on any atom is -0.485 e. The molecule has 6 heteroatoms. The third-order valence-electron chi connectivity index (χ3n) is 3.04. The lowest BCUT2D eigenvalue weighted by Crippen LogP contribution is -2.32. The van der Waals surface area contributed by atoms with Crippen LogP contribution >= 0.6 is 0 Å². The van der Waals surface area contributed by atoms with Crippen LogP contribution in [0.4, 0.5) is 13.2 Å². The fraction of sp³-hybridized carbons (Fsp3) is 0.571. The van der Waals surface area contributed by atoms with Crippen molar-refractivity contribution >= 4 is 0 Å². The van der Waals surface area contributed by atoms with Gasteiger partial charge < -0.3 is 14.8 Å². The Morgan fingerprint density at radius 1 is 1.25 bits per heavy atom. The minimum atomic E-state index is -4.71. The summed E-state index contributed by atoms with van der Waals surface area (Å²) in [4.78, 5) is 0. The van der Waals surface area contributed by atoms with E-state index in [-0.39, 0.29) is 17.6 Å². The van der Waals surface area contributed by atoms with E-state index in [0.29, 0.717) is 19.0 Å². The monoisotopic (exact) mass is 289 g/mol. The van der Waals surface area contributed by atoms with Crippen LogP contribution in [0.5, 0.6) is 11.5 Å². The molecule has 1 aromatic carbocycles. The first-order valence-corrected chi connectivity index (χ1v) is 6.72. The van der Waals surface area contributed by atoms with Crippen molar-refractivity contribution in [3.63, 3.8) is 0 Å². The molecule has 1 N–H and O–H groups in total. The molecule has 0 aromatic heterocycles. The summed E-state index contributed by atoms with van der Waals surface area (Å²) in [7, 11) is 0. The van der Waals surface area contributed by atoms with Crippen LogP contribution in [0.25, 0.3) is 0 Å². The topological polar surface area (TPSA) is 30.5 Å². The zero-order valence-corrected chi connectivity index (χ0v) is 11.2. The van der Waals surface area contributed by atoms with Gasteiger partial charge in [-0.3, -0.25) is 0 Å². The van der Waals surface area contributed by atoms with Gasteiger partial charge in [-0.1, -0.05) is 19.1 Å². The molecule has 0 amide bonds. The second-order valence-corrected chi connectivity index (χ2v) is 4.83. The van der Waals surface area contributed by atoms with Gasteiger partial charge in [-0.2, -0.15) is 0 Å². The van der Waals surface area contributed by atoms with Crippen LogP contribution in [-0.4, -0.2) is 25.1 Å². The van der Waals surface area contributed by atoms with Crippen LogP contribution in [0.1, 0.15) is 26.2 Å². The predicted molar refractivity (Wildman–Crippen MR) is 68.9 cm³/mol. The van der Waals surface area contributed by atoms with Crippen LogP contribution in [0.3, 0.4) is 0 Å². The second-order valence-electron chi connectivity index (χ2n) is 4.83. The van der Waals surface area contributed by atoms with Crippen molar-refractivity contribution in [1.82, 2.24) is 5.32 Å². The second kappa shape index (κ2) is 6.35. The van der Waals surface area contributed by atoms with Crippen LogP contribution in [-0.2, 0) is 0 Å². The molecule has 20 heavy (non-hydrogen) atoms. The number of benzene rings is 1. The maximum Gasteiger partial charge on any atom is 0.573 e. The third-order valence-corrected chi connectivity index (χ3v) is 3.04. The predicted octanol–water partition coefficient (Wildman–Crippen LogP) is 3.49. The number of alkyl halides is 3. The molecular formula is C14H18F3NO2. The average molecular weight is 289 g/mol.